The van der Waals surface area contributed by atoms with Gasteiger partial charge in [0.15, 0.2) is 0 Å². The first-order valence-corrected chi connectivity index (χ1v) is 6.05. The molecule has 3 nitrogen and oxygen atoms in total. The molecule has 0 unspecified atom stereocenters. The number of nitrogens with zero attached hydrogens (tertiary/aromatic N) is 2. The normalized spacial score (nSPS) is 10.4. The summed E-state index contributed by atoms with van der Waals surface area (Å²) in [5.74, 6) is 0.486. The van der Waals surface area contributed by atoms with Crippen LogP contribution in [-0.4, -0.2) is 16.7 Å². The fraction of sp³-hybridized carbons (Fsp3) is 0.286. The van der Waals surface area contributed by atoms with Gasteiger partial charge >= 0.3 is 0 Å². The minimum absolute atomic E-state index is 0.259. The fourth-order valence-electron chi connectivity index (χ4n) is 1.69. The average Bonchev–Trinajstić information content (AvgIpc) is 2.40. The minimum Gasteiger partial charge on any atom is -0.369 e. The van der Waals surface area contributed by atoms with Gasteiger partial charge in [-0.1, -0.05) is 13.0 Å². The molecular formula is C14H16FN3. The zero-order chi connectivity index (χ0) is 13.0. The lowest BCUT2D eigenvalue weighted by Gasteiger charge is -2.06. The molecule has 2 rings (SSSR count). The summed E-state index contributed by atoms with van der Waals surface area (Å²) in [5, 5.41) is 11.4. The van der Waals surface area contributed by atoms with Crippen LogP contribution >= 0.6 is 0 Å². The second kappa shape index (κ2) is 5.58. The van der Waals surface area contributed by atoms with Gasteiger partial charge in [0, 0.05) is 12.1 Å². The lowest BCUT2D eigenvalue weighted by atomic mass is 10.1. The molecule has 1 aromatic carbocycles. The fourth-order valence-corrected chi connectivity index (χ4v) is 1.69. The monoisotopic (exact) mass is 245 g/mol. The van der Waals surface area contributed by atoms with Crippen LogP contribution in [0.4, 0.5) is 10.2 Å². The average molecular weight is 245 g/mol. The van der Waals surface area contributed by atoms with Crippen molar-refractivity contribution in [3.8, 4) is 11.3 Å². The van der Waals surface area contributed by atoms with E-state index in [0.29, 0.717) is 5.69 Å². The van der Waals surface area contributed by atoms with E-state index in [1.165, 1.54) is 12.1 Å². The van der Waals surface area contributed by atoms with Gasteiger partial charge in [0.2, 0.25) is 0 Å². The Hall–Kier alpha value is -1.97. The molecule has 0 amide bonds. The highest BCUT2D eigenvalue weighted by Crippen LogP contribution is 2.22. The lowest BCUT2D eigenvalue weighted by Crippen LogP contribution is -2.03. The summed E-state index contributed by atoms with van der Waals surface area (Å²) in [5.41, 5.74) is 2.46. The summed E-state index contributed by atoms with van der Waals surface area (Å²) < 4.78 is 13.2. The Labute approximate surface area is 106 Å². The van der Waals surface area contributed by atoms with E-state index >= 15 is 0 Å². The van der Waals surface area contributed by atoms with Crippen LogP contribution in [0.15, 0.2) is 30.3 Å². The van der Waals surface area contributed by atoms with Crippen LogP contribution in [-0.2, 0) is 0 Å². The Morgan fingerprint density at radius 3 is 2.67 bits per heavy atom. The molecule has 1 N–H and O–H groups in total. The van der Waals surface area contributed by atoms with Crippen molar-refractivity contribution in [1.82, 2.24) is 10.2 Å². The Balaban J connectivity index is 2.25. The van der Waals surface area contributed by atoms with Crippen molar-refractivity contribution in [2.24, 2.45) is 0 Å². The SMILES string of the molecule is CCCNc1ccc(-c2cc(F)ccc2C)nn1. The van der Waals surface area contributed by atoms with Gasteiger partial charge in [0.05, 0.1) is 5.69 Å². The summed E-state index contributed by atoms with van der Waals surface area (Å²) in [4.78, 5) is 0. The molecule has 0 spiro atoms. The standard InChI is InChI=1S/C14H16FN3/c1-3-8-16-14-7-6-13(17-18-14)12-9-11(15)5-4-10(12)2/h4-7,9H,3,8H2,1-2H3,(H,16,18). The first-order valence-electron chi connectivity index (χ1n) is 6.05. The van der Waals surface area contributed by atoms with Crippen LogP contribution in [0.5, 0.6) is 0 Å². The largest absolute Gasteiger partial charge is 0.369 e. The highest BCUT2D eigenvalue weighted by atomic mass is 19.1. The number of hydrogen-bond donors (Lipinski definition) is 1. The number of nitrogens with one attached hydrogen (secondary N) is 1. The van der Waals surface area contributed by atoms with Gasteiger partial charge in [-0.05, 0) is 43.2 Å². The van der Waals surface area contributed by atoms with Gasteiger partial charge in [-0.3, -0.25) is 0 Å². The Morgan fingerprint density at radius 2 is 2.00 bits per heavy atom. The van der Waals surface area contributed by atoms with Gasteiger partial charge in [-0.25, -0.2) is 4.39 Å². The summed E-state index contributed by atoms with van der Waals surface area (Å²) in [6, 6.07) is 8.40. The number of aromatic nitrogens is 2. The van der Waals surface area contributed by atoms with Crippen LogP contribution in [0, 0.1) is 12.7 Å². The maximum atomic E-state index is 13.2. The molecule has 4 heteroatoms. The third kappa shape index (κ3) is 2.83. The van der Waals surface area contributed by atoms with Crippen LogP contribution in [0.1, 0.15) is 18.9 Å². The van der Waals surface area contributed by atoms with Crippen molar-refractivity contribution >= 4 is 5.82 Å². The third-order valence-electron chi connectivity index (χ3n) is 2.70. The van der Waals surface area contributed by atoms with Crippen molar-refractivity contribution in [1.29, 1.82) is 0 Å². The first-order chi connectivity index (χ1) is 8.70. The predicted molar refractivity (Wildman–Crippen MR) is 70.9 cm³/mol. The topological polar surface area (TPSA) is 37.8 Å². The molecule has 0 saturated carbocycles. The number of anilines is 1. The quantitative estimate of drug-likeness (QED) is 0.897. The predicted octanol–water partition coefficient (Wildman–Crippen LogP) is 3.41. The van der Waals surface area contributed by atoms with Gasteiger partial charge in [0.25, 0.3) is 0 Å². The first kappa shape index (κ1) is 12.5. The molecule has 0 fully saturated rings. The van der Waals surface area contributed by atoms with E-state index in [1.807, 2.05) is 19.1 Å². The van der Waals surface area contributed by atoms with Crippen LogP contribution in [0.2, 0.25) is 0 Å². The van der Waals surface area contributed by atoms with Crippen molar-refractivity contribution in [2.45, 2.75) is 20.3 Å². The van der Waals surface area contributed by atoms with Crippen LogP contribution < -0.4 is 5.32 Å². The molecule has 1 heterocycles. The zero-order valence-electron chi connectivity index (χ0n) is 10.6. The highest BCUT2D eigenvalue weighted by Gasteiger charge is 2.05. The molecule has 0 saturated heterocycles. The highest BCUT2D eigenvalue weighted by molar-refractivity contribution is 5.63. The Bertz CT molecular complexity index is 523. The van der Waals surface area contributed by atoms with Crippen LogP contribution in [0.25, 0.3) is 11.3 Å². The lowest BCUT2D eigenvalue weighted by molar-refractivity contribution is 0.628. The zero-order valence-corrected chi connectivity index (χ0v) is 10.6. The smallest absolute Gasteiger partial charge is 0.148 e. The van der Waals surface area contributed by atoms with E-state index < -0.39 is 0 Å². The molecule has 0 aliphatic rings. The van der Waals surface area contributed by atoms with Crippen molar-refractivity contribution in [2.75, 3.05) is 11.9 Å². The number of hydrogen-bond acceptors (Lipinski definition) is 3. The van der Waals surface area contributed by atoms with E-state index in [0.717, 1.165) is 29.9 Å². The minimum atomic E-state index is -0.259. The Morgan fingerprint density at radius 1 is 1.17 bits per heavy atom. The molecule has 1 aromatic heterocycles. The molecule has 0 atom stereocenters. The molecule has 0 aliphatic heterocycles. The molecular weight excluding hydrogens is 229 g/mol. The maximum absolute atomic E-state index is 13.2. The van der Waals surface area contributed by atoms with Crippen molar-refractivity contribution < 1.29 is 4.39 Å². The van der Waals surface area contributed by atoms with Gasteiger partial charge in [-0.2, -0.15) is 0 Å². The van der Waals surface area contributed by atoms with E-state index in [-0.39, 0.29) is 5.82 Å². The number of aryl methyl sites for hydroxylation is 1. The third-order valence-corrected chi connectivity index (χ3v) is 2.70. The Kier molecular flexibility index (Phi) is 3.87. The summed E-state index contributed by atoms with van der Waals surface area (Å²) >= 11 is 0. The van der Waals surface area contributed by atoms with Gasteiger partial charge < -0.3 is 5.32 Å². The number of benzene rings is 1. The molecule has 2 aromatic rings. The molecule has 94 valence electrons. The maximum Gasteiger partial charge on any atom is 0.148 e. The van der Waals surface area contributed by atoms with Crippen molar-refractivity contribution in [3.05, 3.63) is 41.7 Å². The number of halogens is 1. The summed E-state index contributed by atoms with van der Waals surface area (Å²) in [6.45, 7) is 4.89. The molecule has 0 aliphatic carbocycles. The summed E-state index contributed by atoms with van der Waals surface area (Å²) in [6.07, 6.45) is 1.03. The molecule has 0 bridgehead atoms. The molecule has 0 radical (unpaired) electrons. The van der Waals surface area contributed by atoms with E-state index in [4.69, 9.17) is 0 Å². The van der Waals surface area contributed by atoms with E-state index in [1.54, 1.807) is 6.07 Å². The van der Waals surface area contributed by atoms with Gasteiger partial charge in [0.1, 0.15) is 11.6 Å². The second-order valence-corrected chi connectivity index (χ2v) is 4.19. The van der Waals surface area contributed by atoms with Gasteiger partial charge in [-0.15, -0.1) is 10.2 Å². The van der Waals surface area contributed by atoms with Crippen molar-refractivity contribution in [3.63, 3.8) is 0 Å². The van der Waals surface area contributed by atoms with E-state index in [9.17, 15) is 4.39 Å². The number of rotatable bonds is 4. The second-order valence-electron chi connectivity index (χ2n) is 4.19. The summed E-state index contributed by atoms with van der Waals surface area (Å²) in [7, 11) is 0. The van der Waals surface area contributed by atoms with E-state index in [2.05, 4.69) is 22.4 Å². The molecule has 18 heavy (non-hydrogen) atoms. The van der Waals surface area contributed by atoms with Crippen LogP contribution in [0.3, 0.4) is 0 Å².